The number of carbonyl (C=O) groups excluding carboxylic acids is 1. The summed E-state index contributed by atoms with van der Waals surface area (Å²) in [5, 5.41) is 3.09. The van der Waals surface area contributed by atoms with E-state index >= 15 is 0 Å². The number of nitrogens with zero attached hydrogens (tertiary/aromatic N) is 1. The largest absolute Gasteiger partial charge is 0.325 e. The second kappa shape index (κ2) is 8.75. The molecule has 6 heteroatoms. The summed E-state index contributed by atoms with van der Waals surface area (Å²) < 4.78 is 28.4. The summed E-state index contributed by atoms with van der Waals surface area (Å²) in [7, 11) is -3.59. The first kappa shape index (κ1) is 23.5. The highest BCUT2D eigenvalue weighted by Crippen LogP contribution is 2.32. The maximum atomic E-state index is 13.4. The Labute approximate surface area is 186 Å². The molecule has 0 radical (unpaired) electrons. The monoisotopic (exact) mass is 442 g/mol. The van der Waals surface area contributed by atoms with E-state index in [4.69, 9.17) is 0 Å². The van der Waals surface area contributed by atoms with Crippen molar-refractivity contribution in [2.75, 3.05) is 18.4 Å². The molecular weight excluding hydrogens is 408 g/mol. The van der Waals surface area contributed by atoms with E-state index in [0.29, 0.717) is 30.8 Å². The van der Waals surface area contributed by atoms with Crippen LogP contribution in [0.5, 0.6) is 0 Å². The van der Waals surface area contributed by atoms with E-state index < -0.39 is 10.0 Å². The van der Waals surface area contributed by atoms with E-state index in [1.165, 1.54) is 5.56 Å². The van der Waals surface area contributed by atoms with Gasteiger partial charge in [0.05, 0.1) is 4.90 Å². The molecule has 0 aromatic heterocycles. The minimum absolute atomic E-state index is 0.0223. The van der Waals surface area contributed by atoms with Gasteiger partial charge in [0.1, 0.15) is 0 Å². The maximum absolute atomic E-state index is 13.4. The molecule has 1 aliphatic rings. The second-order valence-corrected chi connectivity index (χ2v) is 10.9. The predicted molar refractivity (Wildman–Crippen MR) is 126 cm³/mol. The number of hydrogen-bond donors (Lipinski definition) is 1. The molecule has 0 atom stereocenters. The van der Waals surface area contributed by atoms with Crippen molar-refractivity contribution >= 4 is 21.6 Å². The Hall–Kier alpha value is -2.18. The molecule has 0 unspecified atom stereocenters. The van der Waals surface area contributed by atoms with Gasteiger partial charge in [0, 0.05) is 24.7 Å². The van der Waals surface area contributed by atoms with E-state index in [2.05, 4.69) is 17.4 Å². The Morgan fingerprint density at radius 3 is 1.81 bits per heavy atom. The molecule has 31 heavy (non-hydrogen) atoms. The lowest BCUT2D eigenvalue weighted by atomic mass is 9.96. The first-order valence-corrected chi connectivity index (χ1v) is 12.3. The van der Waals surface area contributed by atoms with Crippen LogP contribution < -0.4 is 5.32 Å². The zero-order valence-corrected chi connectivity index (χ0v) is 20.5. The van der Waals surface area contributed by atoms with Gasteiger partial charge in [0.2, 0.25) is 15.9 Å². The van der Waals surface area contributed by atoms with Gasteiger partial charge >= 0.3 is 0 Å². The highest BCUT2D eigenvalue weighted by atomic mass is 32.2. The average Bonchev–Trinajstić information content (AvgIpc) is 2.69. The summed E-state index contributed by atoms with van der Waals surface area (Å²) in [6.07, 6.45) is 1.05. The van der Waals surface area contributed by atoms with Crippen molar-refractivity contribution in [3.63, 3.8) is 0 Å². The standard InChI is InChI=1S/C25H34N2O3S/c1-15-12-18(4)23(19(5)13-15)26-25(28)22-8-10-27(11-9-22)31(29,30)24-20(6)16(2)14-17(3)21(24)7/h12-14,22H,8-11H2,1-7H3,(H,26,28). The molecule has 0 saturated carbocycles. The minimum Gasteiger partial charge on any atom is -0.325 e. The topological polar surface area (TPSA) is 66.5 Å². The summed E-state index contributed by atoms with van der Waals surface area (Å²) >= 11 is 0. The molecule has 0 bridgehead atoms. The molecule has 1 N–H and O–H groups in total. The highest BCUT2D eigenvalue weighted by molar-refractivity contribution is 7.89. The fourth-order valence-electron chi connectivity index (χ4n) is 4.66. The third-order valence-electron chi connectivity index (χ3n) is 6.65. The summed E-state index contributed by atoms with van der Waals surface area (Å²) in [5.74, 6) is -0.209. The maximum Gasteiger partial charge on any atom is 0.243 e. The first-order chi connectivity index (χ1) is 14.4. The van der Waals surface area contributed by atoms with Crippen LogP contribution in [0, 0.1) is 54.4 Å². The molecule has 2 aromatic carbocycles. The quantitative estimate of drug-likeness (QED) is 0.733. The van der Waals surface area contributed by atoms with E-state index in [9.17, 15) is 13.2 Å². The van der Waals surface area contributed by atoms with E-state index in [0.717, 1.165) is 39.1 Å². The van der Waals surface area contributed by atoms with Crippen molar-refractivity contribution in [2.24, 2.45) is 5.92 Å². The number of anilines is 1. The van der Waals surface area contributed by atoms with Crippen molar-refractivity contribution in [3.05, 3.63) is 57.1 Å². The summed E-state index contributed by atoms with van der Waals surface area (Å²) in [6, 6.07) is 6.16. The number of sulfonamides is 1. The third-order valence-corrected chi connectivity index (χ3v) is 8.82. The van der Waals surface area contributed by atoms with Crippen molar-refractivity contribution in [2.45, 2.75) is 66.2 Å². The van der Waals surface area contributed by atoms with Crippen LogP contribution in [-0.2, 0) is 14.8 Å². The molecule has 1 heterocycles. The van der Waals surface area contributed by atoms with Gasteiger partial charge < -0.3 is 5.32 Å². The van der Waals surface area contributed by atoms with Crippen LogP contribution in [0.15, 0.2) is 23.1 Å². The van der Waals surface area contributed by atoms with Crippen LogP contribution in [0.2, 0.25) is 0 Å². The van der Waals surface area contributed by atoms with Gasteiger partial charge in [-0.25, -0.2) is 8.42 Å². The molecule has 168 valence electrons. The van der Waals surface area contributed by atoms with Crippen LogP contribution in [0.1, 0.15) is 51.8 Å². The van der Waals surface area contributed by atoms with Gasteiger partial charge in [0.25, 0.3) is 0 Å². The van der Waals surface area contributed by atoms with Crippen molar-refractivity contribution in [3.8, 4) is 0 Å². The molecule has 0 spiro atoms. The molecule has 2 aromatic rings. The van der Waals surface area contributed by atoms with Gasteiger partial charge in [-0.05, 0) is 94.7 Å². The smallest absolute Gasteiger partial charge is 0.243 e. The van der Waals surface area contributed by atoms with Crippen LogP contribution in [0.4, 0.5) is 5.69 Å². The molecule has 1 aliphatic heterocycles. The normalized spacial score (nSPS) is 15.8. The average molecular weight is 443 g/mol. The number of rotatable bonds is 4. The highest BCUT2D eigenvalue weighted by Gasteiger charge is 2.34. The van der Waals surface area contributed by atoms with Gasteiger partial charge in [-0.15, -0.1) is 0 Å². The number of amides is 1. The number of hydrogen-bond acceptors (Lipinski definition) is 3. The summed E-state index contributed by atoms with van der Waals surface area (Å²) in [5.41, 5.74) is 7.73. The Morgan fingerprint density at radius 2 is 1.32 bits per heavy atom. The van der Waals surface area contributed by atoms with Crippen LogP contribution >= 0.6 is 0 Å². The number of aryl methyl sites for hydroxylation is 5. The number of nitrogens with one attached hydrogen (secondary N) is 1. The van der Waals surface area contributed by atoms with Gasteiger partial charge in [-0.1, -0.05) is 23.8 Å². The Balaban J connectivity index is 1.75. The first-order valence-electron chi connectivity index (χ1n) is 10.9. The van der Waals surface area contributed by atoms with E-state index in [1.54, 1.807) is 4.31 Å². The predicted octanol–water partition coefficient (Wildman–Crippen LogP) is 4.88. The summed E-state index contributed by atoms with van der Waals surface area (Å²) in [6.45, 7) is 14.4. The second-order valence-electron chi connectivity index (χ2n) is 9.03. The molecular formula is C25H34N2O3S. The Kier molecular flexibility index (Phi) is 6.63. The zero-order valence-electron chi connectivity index (χ0n) is 19.7. The lowest BCUT2D eigenvalue weighted by molar-refractivity contribution is -0.120. The van der Waals surface area contributed by atoms with E-state index in [1.807, 2.05) is 54.5 Å². The lowest BCUT2D eigenvalue weighted by Gasteiger charge is -2.32. The van der Waals surface area contributed by atoms with Gasteiger partial charge in [-0.2, -0.15) is 4.31 Å². The Morgan fingerprint density at radius 1 is 0.839 bits per heavy atom. The number of benzene rings is 2. The fourth-order valence-corrected chi connectivity index (χ4v) is 6.70. The Bertz CT molecular complexity index is 1080. The minimum atomic E-state index is -3.59. The molecule has 5 nitrogen and oxygen atoms in total. The van der Waals surface area contributed by atoms with Gasteiger partial charge in [-0.3, -0.25) is 4.79 Å². The van der Waals surface area contributed by atoms with Crippen LogP contribution in [0.3, 0.4) is 0 Å². The van der Waals surface area contributed by atoms with Crippen molar-refractivity contribution in [1.82, 2.24) is 4.31 Å². The summed E-state index contributed by atoms with van der Waals surface area (Å²) in [4.78, 5) is 13.3. The fraction of sp³-hybridized carbons (Fsp3) is 0.480. The lowest BCUT2D eigenvalue weighted by Crippen LogP contribution is -2.42. The van der Waals surface area contributed by atoms with Crippen molar-refractivity contribution in [1.29, 1.82) is 0 Å². The molecule has 1 amide bonds. The third kappa shape index (κ3) is 4.55. The SMILES string of the molecule is Cc1cc(C)c(NC(=O)C2CCN(S(=O)(=O)c3c(C)c(C)cc(C)c3C)CC2)c(C)c1. The van der Waals surface area contributed by atoms with Crippen molar-refractivity contribution < 1.29 is 13.2 Å². The molecule has 1 fully saturated rings. The van der Waals surface area contributed by atoms with Gasteiger partial charge in [0.15, 0.2) is 0 Å². The van der Waals surface area contributed by atoms with Crippen LogP contribution in [-0.4, -0.2) is 31.7 Å². The molecule has 0 aliphatic carbocycles. The van der Waals surface area contributed by atoms with E-state index in [-0.39, 0.29) is 11.8 Å². The number of carbonyl (C=O) groups is 1. The molecule has 3 rings (SSSR count). The zero-order chi connectivity index (χ0) is 23.1. The molecule has 1 saturated heterocycles. The number of piperidine rings is 1. The van der Waals surface area contributed by atoms with Crippen LogP contribution in [0.25, 0.3) is 0 Å².